The number of H-pyrrole nitrogens is 1. The summed E-state index contributed by atoms with van der Waals surface area (Å²) in [6, 6.07) is 5.81. The van der Waals surface area contributed by atoms with Gasteiger partial charge >= 0.3 is 13.2 Å². The molecule has 2 saturated heterocycles. The Morgan fingerprint density at radius 1 is 1.33 bits per heavy atom. The fourth-order valence-corrected chi connectivity index (χ4v) is 3.87. The van der Waals surface area contributed by atoms with Crippen molar-refractivity contribution in [2.75, 3.05) is 6.54 Å². The zero-order chi connectivity index (χ0) is 21.9. The van der Waals surface area contributed by atoms with Crippen molar-refractivity contribution in [1.29, 1.82) is 0 Å². The van der Waals surface area contributed by atoms with Crippen LogP contribution in [0.2, 0.25) is 0 Å². The second-order valence-electron chi connectivity index (χ2n) is 10.0. The molecule has 0 saturated carbocycles. The van der Waals surface area contributed by atoms with Gasteiger partial charge in [-0.2, -0.15) is 0 Å². The van der Waals surface area contributed by atoms with E-state index in [1.807, 2.05) is 59.7 Å². The molecule has 1 unspecified atom stereocenters. The minimum Gasteiger partial charge on any atom is -0.444 e. The lowest BCUT2D eigenvalue weighted by atomic mass is 9.79. The normalized spacial score (nSPS) is 26.5. The van der Waals surface area contributed by atoms with Gasteiger partial charge < -0.3 is 19.0 Å². The Bertz CT molecular complexity index is 947. The zero-order valence-electron chi connectivity index (χ0n) is 18.7. The Hall–Kier alpha value is -2.19. The molecular weight excluding hydrogens is 381 g/mol. The number of likely N-dealkylation sites (tertiary alicyclic amines) is 1. The number of nitrogens with zero attached hydrogens (tertiary/aromatic N) is 2. The third-order valence-electron chi connectivity index (χ3n) is 6.04. The van der Waals surface area contributed by atoms with Gasteiger partial charge in [0, 0.05) is 13.5 Å². The van der Waals surface area contributed by atoms with E-state index >= 15 is 0 Å². The van der Waals surface area contributed by atoms with Crippen LogP contribution in [0.25, 0.3) is 11.0 Å². The molecule has 0 aliphatic carbocycles. The van der Waals surface area contributed by atoms with Gasteiger partial charge in [0.15, 0.2) is 0 Å². The minimum absolute atomic E-state index is 0.114. The summed E-state index contributed by atoms with van der Waals surface area (Å²) >= 11 is 0. The van der Waals surface area contributed by atoms with Crippen LogP contribution >= 0.6 is 0 Å². The largest absolute Gasteiger partial charge is 0.498 e. The molecule has 4 rings (SSSR count). The number of aromatic nitrogens is 2. The molecule has 2 atom stereocenters. The lowest BCUT2D eigenvalue weighted by molar-refractivity contribution is 0.0219. The van der Waals surface area contributed by atoms with Gasteiger partial charge in [-0.3, -0.25) is 4.90 Å². The molecule has 0 bridgehead atoms. The number of ether oxygens (including phenoxy) is 1. The Balaban J connectivity index is 1.58. The third kappa shape index (κ3) is 3.78. The summed E-state index contributed by atoms with van der Waals surface area (Å²) in [7, 11) is -0.483. The summed E-state index contributed by atoms with van der Waals surface area (Å²) in [5, 5.41) is 0. The summed E-state index contributed by atoms with van der Waals surface area (Å²) in [5.41, 5.74) is 0.992. The van der Waals surface area contributed by atoms with E-state index in [9.17, 15) is 4.79 Å². The van der Waals surface area contributed by atoms with Crippen LogP contribution in [-0.4, -0.2) is 51.4 Å². The number of hydrogen-bond donors (Lipinski definition) is 1. The van der Waals surface area contributed by atoms with Gasteiger partial charge in [-0.25, -0.2) is 9.78 Å². The van der Waals surface area contributed by atoms with Gasteiger partial charge in [-0.05, 0) is 65.1 Å². The molecule has 2 aromatic rings. The molecule has 2 fully saturated rings. The highest BCUT2D eigenvalue weighted by atomic mass is 16.7. The maximum atomic E-state index is 12.6. The minimum atomic E-state index is -0.635. The Kier molecular flexibility index (Phi) is 4.86. The number of nitrogens with one attached hydrogen (secondary N) is 1. The lowest BCUT2D eigenvalue weighted by Gasteiger charge is -2.27. The van der Waals surface area contributed by atoms with Crippen molar-refractivity contribution in [3.63, 3.8) is 0 Å². The van der Waals surface area contributed by atoms with Gasteiger partial charge in [-0.15, -0.1) is 0 Å². The van der Waals surface area contributed by atoms with E-state index < -0.39 is 23.9 Å². The molecule has 1 aromatic heterocycles. The first-order chi connectivity index (χ1) is 13.9. The van der Waals surface area contributed by atoms with Crippen LogP contribution in [0.5, 0.6) is 0 Å². The van der Waals surface area contributed by atoms with Crippen LogP contribution < -0.4 is 5.46 Å². The number of carbonyl (C=O) groups excluding carboxylic acids is 1. The number of rotatable bonds is 2. The summed E-state index contributed by atoms with van der Waals surface area (Å²) in [6.45, 7) is 16.4. The van der Waals surface area contributed by atoms with Crippen molar-refractivity contribution in [1.82, 2.24) is 14.9 Å². The molecule has 3 heterocycles. The van der Waals surface area contributed by atoms with Crippen LogP contribution in [-0.2, 0) is 14.0 Å². The molecule has 2 aliphatic rings. The van der Waals surface area contributed by atoms with Crippen molar-refractivity contribution < 1.29 is 18.8 Å². The molecule has 1 N–H and O–H groups in total. The van der Waals surface area contributed by atoms with E-state index in [2.05, 4.69) is 11.9 Å². The molecule has 7 nitrogen and oxygen atoms in total. The van der Waals surface area contributed by atoms with E-state index in [1.54, 1.807) is 4.90 Å². The second kappa shape index (κ2) is 6.92. The quantitative estimate of drug-likeness (QED) is 0.601. The molecule has 160 valence electrons. The fourth-order valence-electron chi connectivity index (χ4n) is 3.87. The predicted molar refractivity (Wildman–Crippen MR) is 116 cm³/mol. The molecule has 8 heteroatoms. The SMILES string of the molecule is [CH2+]C1(C)OB(c2ccc3nc([C@@H]4CCCN4C(=O)OC(C)(C)C)[nH]c3c2)OC1(C)C. The molecular formula is C22H31BN3O4+. The van der Waals surface area contributed by atoms with Crippen molar-refractivity contribution in [3.05, 3.63) is 30.9 Å². The van der Waals surface area contributed by atoms with Crippen molar-refractivity contribution in [2.45, 2.75) is 77.2 Å². The van der Waals surface area contributed by atoms with Gasteiger partial charge in [0.05, 0.1) is 24.0 Å². The van der Waals surface area contributed by atoms with Crippen molar-refractivity contribution >= 4 is 29.7 Å². The molecule has 1 amide bonds. The molecule has 0 radical (unpaired) electrons. The first-order valence-electron chi connectivity index (χ1n) is 10.6. The van der Waals surface area contributed by atoms with E-state index in [0.717, 1.165) is 35.2 Å². The summed E-state index contributed by atoms with van der Waals surface area (Å²) in [4.78, 5) is 22.6. The number of benzene rings is 1. The monoisotopic (exact) mass is 412 g/mol. The molecule has 1 aromatic carbocycles. The number of aromatic amines is 1. The highest BCUT2D eigenvalue weighted by molar-refractivity contribution is 6.62. The van der Waals surface area contributed by atoms with Crippen LogP contribution in [0.1, 0.15) is 66.3 Å². The highest BCUT2D eigenvalue weighted by Gasteiger charge is 2.57. The molecule has 0 spiro atoms. The summed E-state index contributed by atoms with van der Waals surface area (Å²) in [5.74, 6) is 0.779. The van der Waals surface area contributed by atoms with Gasteiger partial charge in [-0.1, -0.05) is 6.07 Å². The standard InChI is InChI=1S/C22H31BN3O4/c1-20(2,3)28-19(27)26-12-8-9-17(26)18-24-15-11-10-14(13-16(15)25-18)23-29-21(4,5)22(6,7)30-23/h10-11,13,17H,4,8-9,12H2,1-3,5-7H3,(H,24,25)/q+1/t17-,21?/m0/s1. The summed E-state index contributed by atoms with van der Waals surface area (Å²) in [6.07, 6.45) is 1.48. The number of carbonyl (C=O) groups is 1. The maximum Gasteiger partial charge on any atom is 0.498 e. The van der Waals surface area contributed by atoms with Gasteiger partial charge in [0.2, 0.25) is 5.60 Å². The molecule has 30 heavy (non-hydrogen) atoms. The highest BCUT2D eigenvalue weighted by Crippen LogP contribution is 2.36. The third-order valence-corrected chi connectivity index (χ3v) is 6.04. The second-order valence-corrected chi connectivity index (χ2v) is 10.0. The van der Waals surface area contributed by atoms with Crippen molar-refractivity contribution in [3.8, 4) is 0 Å². The number of imidazole rings is 1. The van der Waals surface area contributed by atoms with Crippen molar-refractivity contribution in [2.24, 2.45) is 0 Å². The number of hydrogen-bond acceptors (Lipinski definition) is 5. The molecule has 2 aliphatic heterocycles. The lowest BCUT2D eigenvalue weighted by Crippen LogP contribution is -2.42. The first-order valence-corrected chi connectivity index (χ1v) is 10.6. The predicted octanol–water partition coefficient (Wildman–Crippen LogP) is 3.75. The van der Waals surface area contributed by atoms with E-state index in [0.29, 0.717) is 6.54 Å². The van der Waals surface area contributed by atoms with Crippen LogP contribution in [0.15, 0.2) is 18.2 Å². The van der Waals surface area contributed by atoms with Crippen LogP contribution in [0, 0.1) is 6.92 Å². The number of fused-ring (bicyclic) bond motifs is 1. The first kappa shape index (κ1) is 21.1. The van der Waals surface area contributed by atoms with E-state index in [1.165, 1.54) is 0 Å². The zero-order valence-corrected chi connectivity index (χ0v) is 18.7. The number of amides is 1. The Labute approximate surface area is 178 Å². The van der Waals surface area contributed by atoms with Gasteiger partial charge in [0.1, 0.15) is 17.0 Å². The average Bonchev–Trinajstić information content (AvgIpc) is 3.28. The average molecular weight is 412 g/mol. The van der Waals surface area contributed by atoms with Gasteiger partial charge in [0.25, 0.3) is 0 Å². The Morgan fingerprint density at radius 2 is 2.07 bits per heavy atom. The summed E-state index contributed by atoms with van der Waals surface area (Å²) < 4.78 is 17.8. The smallest absolute Gasteiger partial charge is 0.444 e. The van der Waals surface area contributed by atoms with Crippen LogP contribution in [0.4, 0.5) is 4.79 Å². The van der Waals surface area contributed by atoms with E-state index in [4.69, 9.17) is 19.0 Å². The Morgan fingerprint density at radius 3 is 2.70 bits per heavy atom. The van der Waals surface area contributed by atoms with E-state index in [-0.39, 0.29) is 12.1 Å². The van der Waals surface area contributed by atoms with Crippen LogP contribution in [0.3, 0.4) is 0 Å². The fraction of sp³-hybridized carbons (Fsp3) is 0.591. The topological polar surface area (TPSA) is 76.7 Å². The maximum absolute atomic E-state index is 12.6.